The Labute approximate surface area is 156 Å². The Morgan fingerprint density at radius 2 is 1.89 bits per heavy atom. The van der Waals surface area contributed by atoms with Gasteiger partial charge < -0.3 is 20.0 Å². The number of anilines is 1. The van der Waals surface area contributed by atoms with Crippen molar-refractivity contribution in [2.75, 3.05) is 5.32 Å². The quantitative estimate of drug-likeness (QED) is 0.493. The van der Waals surface area contributed by atoms with Crippen LogP contribution in [-0.4, -0.2) is 25.5 Å². The van der Waals surface area contributed by atoms with Crippen LogP contribution in [0.4, 0.5) is 5.69 Å². The first-order chi connectivity index (χ1) is 13.2. The second-order valence-corrected chi connectivity index (χ2v) is 6.40. The van der Waals surface area contributed by atoms with Gasteiger partial charge in [-0.05, 0) is 35.9 Å². The van der Waals surface area contributed by atoms with E-state index in [0.717, 1.165) is 16.6 Å². The minimum atomic E-state index is -0.354. The van der Waals surface area contributed by atoms with E-state index in [9.17, 15) is 9.90 Å². The minimum Gasteiger partial charge on any atom is -0.388 e. The molecule has 0 aliphatic carbocycles. The van der Waals surface area contributed by atoms with Crippen molar-refractivity contribution in [1.29, 1.82) is 0 Å². The second kappa shape index (κ2) is 7.47. The molecule has 27 heavy (non-hydrogen) atoms. The van der Waals surface area contributed by atoms with Crippen molar-refractivity contribution in [2.45, 2.75) is 19.1 Å². The monoisotopic (exact) mass is 360 g/mol. The summed E-state index contributed by atoms with van der Waals surface area (Å²) in [6, 6.07) is 18.9. The van der Waals surface area contributed by atoms with Crippen LogP contribution in [0.25, 0.3) is 11.0 Å². The summed E-state index contributed by atoms with van der Waals surface area (Å²) in [4.78, 5) is 20.3. The number of fused-ring (bicyclic) bond motifs is 1. The van der Waals surface area contributed by atoms with Crippen LogP contribution < -0.4 is 5.32 Å². The molecule has 0 unspecified atom stereocenters. The molecule has 4 rings (SSSR count). The van der Waals surface area contributed by atoms with Gasteiger partial charge in [-0.3, -0.25) is 4.79 Å². The smallest absolute Gasteiger partial charge is 0.247 e. The van der Waals surface area contributed by atoms with Crippen LogP contribution in [0.1, 0.15) is 17.4 Å². The van der Waals surface area contributed by atoms with Crippen molar-refractivity contribution >= 4 is 22.6 Å². The third-order valence-corrected chi connectivity index (χ3v) is 4.51. The highest BCUT2D eigenvalue weighted by atomic mass is 16.3. The number of aromatic nitrogens is 3. The Morgan fingerprint density at radius 3 is 2.63 bits per heavy atom. The molecule has 136 valence electrons. The predicted molar refractivity (Wildman–Crippen MR) is 104 cm³/mol. The van der Waals surface area contributed by atoms with E-state index in [1.54, 1.807) is 0 Å². The van der Waals surface area contributed by atoms with Gasteiger partial charge in [0.15, 0.2) is 0 Å². The summed E-state index contributed by atoms with van der Waals surface area (Å²) >= 11 is 0. The standard InChI is InChI=1S/C21H20N4O2/c26-14-20-23-17-9-8-16(13-18(17)24-20)22-21(27)19(25-10-4-5-11-25)12-15-6-2-1-3-7-15/h1-11,13,19,26H,12,14H2,(H,22,27)(H,23,24)/t19-/m1/s1. The Morgan fingerprint density at radius 1 is 1.11 bits per heavy atom. The van der Waals surface area contributed by atoms with E-state index in [2.05, 4.69) is 15.3 Å². The summed E-state index contributed by atoms with van der Waals surface area (Å²) < 4.78 is 1.92. The van der Waals surface area contributed by atoms with Crippen LogP contribution >= 0.6 is 0 Å². The summed E-state index contributed by atoms with van der Waals surface area (Å²) in [7, 11) is 0. The van der Waals surface area contributed by atoms with Gasteiger partial charge in [0.2, 0.25) is 5.91 Å². The number of benzene rings is 2. The first-order valence-corrected chi connectivity index (χ1v) is 8.79. The molecule has 0 saturated heterocycles. The fourth-order valence-electron chi connectivity index (χ4n) is 3.17. The van der Waals surface area contributed by atoms with E-state index in [-0.39, 0.29) is 18.6 Å². The number of aliphatic hydroxyl groups excluding tert-OH is 1. The number of nitrogens with one attached hydrogen (secondary N) is 2. The number of aromatic amines is 1. The zero-order valence-electron chi connectivity index (χ0n) is 14.7. The van der Waals surface area contributed by atoms with Crippen LogP contribution in [0.5, 0.6) is 0 Å². The van der Waals surface area contributed by atoms with Crippen molar-refractivity contribution in [3.63, 3.8) is 0 Å². The fourth-order valence-corrected chi connectivity index (χ4v) is 3.17. The van der Waals surface area contributed by atoms with Gasteiger partial charge in [0.1, 0.15) is 18.5 Å². The van der Waals surface area contributed by atoms with Crippen LogP contribution in [0.3, 0.4) is 0 Å². The highest BCUT2D eigenvalue weighted by molar-refractivity contribution is 5.95. The maximum absolute atomic E-state index is 13.0. The molecular weight excluding hydrogens is 340 g/mol. The van der Waals surface area contributed by atoms with Crippen LogP contribution in [0.2, 0.25) is 0 Å². The highest BCUT2D eigenvalue weighted by Crippen LogP contribution is 2.21. The maximum Gasteiger partial charge on any atom is 0.247 e. The van der Waals surface area contributed by atoms with E-state index in [4.69, 9.17) is 0 Å². The maximum atomic E-state index is 13.0. The van der Waals surface area contributed by atoms with E-state index in [1.165, 1.54) is 0 Å². The molecule has 1 atom stereocenters. The minimum absolute atomic E-state index is 0.0868. The highest BCUT2D eigenvalue weighted by Gasteiger charge is 2.20. The molecule has 0 aliphatic rings. The number of carbonyl (C=O) groups is 1. The number of hydrogen-bond acceptors (Lipinski definition) is 3. The van der Waals surface area contributed by atoms with Gasteiger partial charge in [-0.2, -0.15) is 0 Å². The van der Waals surface area contributed by atoms with Gasteiger partial charge in [0, 0.05) is 24.5 Å². The molecule has 0 fully saturated rings. The summed E-state index contributed by atoms with van der Waals surface area (Å²) in [6.45, 7) is -0.150. The van der Waals surface area contributed by atoms with Crippen LogP contribution in [-0.2, 0) is 17.8 Å². The molecule has 0 spiro atoms. The van der Waals surface area contributed by atoms with Crippen LogP contribution in [0, 0.1) is 0 Å². The lowest BCUT2D eigenvalue weighted by Crippen LogP contribution is -2.27. The molecule has 2 heterocycles. The SMILES string of the molecule is O=C(Nc1ccc2nc(CO)[nH]c2c1)[C@@H](Cc1ccccc1)n1cccc1. The van der Waals surface area contributed by atoms with Crippen molar-refractivity contribution in [3.05, 3.63) is 84.4 Å². The molecule has 0 saturated carbocycles. The van der Waals surface area contributed by atoms with Gasteiger partial charge in [0.25, 0.3) is 0 Å². The number of H-pyrrole nitrogens is 1. The number of imidazole rings is 1. The molecule has 2 aromatic heterocycles. The zero-order chi connectivity index (χ0) is 18.6. The Hall–Kier alpha value is -3.38. The molecule has 1 amide bonds. The predicted octanol–water partition coefficient (Wildman–Crippen LogP) is 3.28. The molecular formula is C21H20N4O2. The molecule has 0 aliphatic heterocycles. The second-order valence-electron chi connectivity index (χ2n) is 6.40. The summed E-state index contributed by atoms with van der Waals surface area (Å²) in [5.41, 5.74) is 3.31. The van der Waals surface area contributed by atoms with Gasteiger partial charge in [-0.1, -0.05) is 30.3 Å². The number of carbonyl (C=O) groups excluding carboxylic acids is 1. The Bertz CT molecular complexity index is 1040. The lowest BCUT2D eigenvalue weighted by atomic mass is 10.0. The van der Waals surface area contributed by atoms with Gasteiger partial charge >= 0.3 is 0 Å². The van der Waals surface area contributed by atoms with E-state index in [0.29, 0.717) is 17.9 Å². The van der Waals surface area contributed by atoms with Crippen molar-refractivity contribution < 1.29 is 9.90 Å². The molecule has 3 N–H and O–H groups in total. The molecule has 2 aromatic carbocycles. The van der Waals surface area contributed by atoms with Gasteiger partial charge in [-0.15, -0.1) is 0 Å². The normalized spacial score (nSPS) is 12.2. The first kappa shape index (κ1) is 17.1. The summed E-state index contributed by atoms with van der Waals surface area (Å²) in [5, 5.41) is 12.2. The van der Waals surface area contributed by atoms with E-state index in [1.807, 2.05) is 77.6 Å². The summed E-state index contributed by atoms with van der Waals surface area (Å²) in [5.74, 6) is 0.416. The lowest BCUT2D eigenvalue weighted by Gasteiger charge is -2.19. The topological polar surface area (TPSA) is 82.9 Å². The average Bonchev–Trinajstić information content (AvgIpc) is 3.36. The average molecular weight is 360 g/mol. The number of nitrogens with zero attached hydrogens (tertiary/aromatic N) is 2. The summed E-state index contributed by atoms with van der Waals surface area (Å²) in [6.07, 6.45) is 4.40. The molecule has 6 heteroatoms. The van der Waals surface area contributed by atoms with E-state index < -0.39 is 0 Å². The third kappa shape index (κ3) is 3.75. The Balaban J connectivity index is 1.58. The van der Waals surface area contributed by atoms with E-state index >= 15 is 0 Å². The Kier molecular flexibility index (Phi) is 4.72. The van der Waals surface area contributed by atoms with Crippen LogP contribution in [0.15, 0.2) is 73.1 Å². The van der Waals surface area contributed by atoms with Gasteiger partial charge in [-0.25, -0.2) is 4.98 Å². The largest absolute Gasteiger partial charge is 0.388 e. The number of hydrogen-bond donors (Lipinski definition) is 3. The molecule has 0 bridgehead atoms. The first-order valence-electron chi connectivity index (χ1n) is 8.79. The van der Waals surface area contributed by atoms with Crippen molar-refractivity contribution in [1.82, 2.24) is 14.5 Å². The molecule has 0 radical (unpaired) electrons. The van der Waals surface area contributed by atoms with Crippen molar-refractivity contribution in [2.24, 2.45) is 0 Å². The fraction of sp³-hybridized carbons (Fsp3) is 0.143. The molecule has 6 nitrogen and oxygen atoms in total. The van der Waals surface area contributed by atoms with Gasteiger partial charge in [0.05, 0.1) is 11.0 Å². The zero-order valence-corrected chi connectivity index (χ0v) is 14.7. The number of amides is 1. The third-order valence-electron chi connectivity index (χ3n) is 4.51. The number of rotatable bonds is 6. The lowest BCUT2D eigenvalue weighted by molar-refractivity contribution is -0.119. The van der Waals surface area contributed by atoms with Crippen molar-refractivity contribution in [3.8, 4) is 0 Å². The number of aliphatic hydroxyl groups is 1. The molecule has 4 aromatic rings.